The van der Waals surface area contributed by atoms with Gasteiger partial charge in [-0.15, -0.1) is 0 Å². The molecule has 0 N–H and O–H groups in total. The second kappa shape index (κ2) is 5.00. The summed E-state index contributed by atoms with van der Waals surface area (Å²) in [7, 11) is 0. The number of hydrogen-bond donors (Lipinski definition) is 0. The lowest BCUT2D eigenvalue weighted by molar-refractivity contribution is 0.214. The van der Waals surface area contributed by atoms with Crippen LogP contribution in [0.5, 0.6) is 0 Å². The molecular weight excluding hydrogens is 198 g/mol. The van der Waals surface area contributed by atoms with E-state index in [2.05, 4.69) is 35.2 Å². The first-order chi connectivity index (χ1) is 7.68. The predicted molar refractivity (Wildman–Crippen MR) is 66.5 cm³/mol. The molecule has 1 fully saturated rings. The third-order valence-corrected chi connectivity index (χ3v) is 3.41. The smallest absolute Gasteiger partial charge is 0.105 e. The summed E-state index contributed by atoms with van der Waals surface area (Å²) in [5.41, 5.74) is 1.37. The Labute approximate surface area is 98.5 Å². The summed E-state index contributed by atoms with van der Waals surface area (Å²) in [6, 6.07) is 0.516. The molecule has 1 aromatic heterocycles. The van der Waals surface area contributed by atoms with Crippen molar-refractivity contribution in [3.63, 3.8) is 0 Å². The average molecular weight is 221 g/mol. The second-order valence-electron chi connectivity index (χ2n) is 5.10. The highest BCUT2D eigenvalue weighted by molar-refractivity contribution is 5.06. The van der Waals surface area contributed by atoms with Crippen LogP contribution in [0.4, 0.5) is 0 Å². The summed E-state index contributed by atoms with van der Waals surface area (Å²) >= 11 is 0. The molecule has 0 aromatic carbocycles. The standard InChI is InChI=1S/C13H23N3/c1-11(2)16-12(3)14-9-13(16)10-15-7-5-4-6-8-15/h9,11H,4-8,10H2,1-3H3. The van der Waals surface area contributed by atoms with Crippen molar-refractivity contribution in [1.82, 2.24) is 14.5 Å². The Balaban J connectivity index is 2.08. The van der Waals surface area contributed by atoms with Crippen LogP contribution in [0.25, 0.3) is 0 Å². The van der Waals surface area contributed by atoms with Crippen LogP contribution in [0.3, 0.4) is 0 Å². The average Bonchev–Trinajstić information content (AvgIpc) is 2.61. The third-order valence-electron chi connectivity index (χ3n) is 3.41. The van der Waals surface area contributed by atoms with Crippen molar-refractivity contribution in [2.75, 3.05) is 13.1 Å². The molecule has 2 heterocycles. The van der Waals surface area contributed by atoms with Gasteiger partial charge < -0.3 is 4.57 Å². The quantitative estimate of drug-likeness (QED) is 0.782. The van der Waals surface area contributed by atoms with Gasteiger partial charge >= 0.3 is 0 Å². The van der Waals surface area contributed by atoms with E-state index in [1.807, 2.05) is 6.20 Å². The Bertz CT molecular complexity index is 335. The van der Waals surface area contributed by atoms with Crippen molar-refractivity contribution in [2.24, 2.45) is 0 Å². The maximum absolute atomic E-state index is 4.44. The van der Waals surface area contributed by atoms with Gasteiger partial charge in [-0.05, 0) is 46.7 Å². The van der Waals surface area contributed by atoms with E-state index in [1.165, 1.54) is 38.0 Å². The van der Waals surface area contributed by atoms with Gasteiger partial charge in [0.2, 0.25) is 0 Å². The normalized spacial score (nSPS) is 18.2. The Kier molecular flexibility index (Phi) is 3.64. The van der Waals surface area contributed by atoms with E-state index >= 15 is 0 Å². The molecule has 0 bridgehead atoms. The minimum Gasteiger partial charge on any atom is -0.329 e. The molecule has 90 valence electrons. The van der Waals surface area contributed by atoms with Crippen molar-refractivity contribution >= 4 is 0 Å². The van der Waals surface area contributed by atoms with Crippen LogP contribution in [-0.2, 0) is 6.54 Å². The van der Waals surface area contributed by atoms with E-state index in [4.69, 9.17) is 0 Å². The number of hydrogen-bond acceptors (Lipinski definition) is 2. The van der Waals surface area contributed by atoms with E-state index in [9.17, 15) is 0 Å². The van der Waals surface area contributed by atoms with Crippen molar-refractivity contribution < 1.29 is 0 Å². The summed E-state index contributed by atoms with van der Waals surface area (Å²) in [5, 5.41) is 0. The summed E-state index contributed by atoms with van der Waals surface area (Å²) in [6.45, 7) is 10.1. The van der Waals surface area contributed by atoms with Gasteiger partial charge in [0.05, 0.1) is 5.69 Å². The lowest BCUT2D eigenvalue weighted by Crippen LogP contribution is -2.30. The lowest BCUT2D eigenvalue weighted by Gasteiger charge is -2.27. The van der Waals surface area contributed by atoms with E-state index in [0.717, 1.165) is 12.4 Å². The third kappa shape index (κ3) is 2.46. The molecule has 0 saturated carbocycles. The number of likely N-dealkylation sites (tertiary alicyclic amines) is 1. The Morgan fingerprint density at radius 3 is 2.56 bits per heavy atom. The molecule has 0 amide bonds. The molecule has 3 heteroatoms. The predicted octanol–water partition coefficient (Wildman–Crippen LogP) is 2.76. The zero-order valence-corrected chi connectivity index (χ0v) is 10.7. The van der Waals surface area contributed by atoms with Crippen molar-refractivity contribution in [2.45, 2.75) is 52.6 Å². The molecule has 3 nitrogen and oxygen atoms in total. The first-order valence-corrected chi connectivity index (χ1v) is 6.43. The maximum Gasteiger partial charge on any atom is 0.105 e. The Hall–Kier alpha value is -0.830. The molecule has 0 unspecified atom stereocenters. The molecule has 0 radical (unpaired) electrons. The first kappa shape index (κ1) is 11.6. The number of aryl methyl sites for hydroxylation is 1. The Morgan fingerprint density at radius 2 is 1.94 bits per heavy atom. The molecular formula is C13H23N3. The zero-order chi connectivity index (χ0) is 11.5. The van der Waals surface area contributed by atoms with Gasteiger partial charge in [-0.1, -0.05) is 6.42 Å². The Morgan fingerprint density at radius 1 is 1.25 bits per heavy atom. The number of piperidine rings is 1. The van der Waals surface area contributed by atoms with Crippen molar-refractivity contribution in [1.29, 1.82) is 0 Å². The van der Waals surface area contributed by atoms with Gasteiger partial charge in [-0.2, -0.15) is 0 Å². The van der Waals surface area contributed by atoms with Crippen molar-refractivity contribution in [3.05, 3.63) is 17.7 Å². The SMILES string of the molecule is Cc1ncc(CN2CCCCC2)n1C(C)C. The molecule has 0 aliphatic carbocycles. The van der Waals surface area contributed by atoms with Crippen LogP contribution in [0.15, 0.2) is 6.20 Å². The number of rotatable bonds is 3. The summed E-state index contributed by atoms with van der Waals surface area (Å²) in [5.74, 6) is 1.14. The number of imidazole rings is 1. The van der Waals surface area contributed by atoms with E-state index in [0.29, 0.717) is 6.04 Å². The van der Waals surface area contributed by atoms with Crippen LogP contribution in [0.2, 0.25) is 0 Å². The molecule has 1 aliphatic rings. The minimum atomic E-state index is 0.516. The van der Waals surface area contributed by atoms with Gasteiger partial charge in [0.1, 0.15) is 5.82 Å². The molecule has 1 aliphatic heterocycles. The van der Waals surface area contributed by atoms with E-state index in [1.54, 1.807) is 0 Å². The number of aromatic nitrogens is 2. The highest BCUT2D eigenvalue weighted by atomic mass is 15.2. The van der Waals surface area contributed by atoms with Crippen LogP contribution in [0.1, 0.15) is 50.7 Å². The fourth-order valence-corrected chi connectivity index (χ4v) is 2.67. The molecule has 1 saturated heterocycles. The van der Waals surface area contributed by atoms with Crippen LogP contribution in [0, 0.1) is 6.92 Å². The lowest BCUT2D eigenvalue weighted by atomic mass is 10.1. The zero-order valence-electron chi connectivity index (χ0n) is 10.7. The summed E-state index contributed by atoms with van der Waals surface area (Å²) < 4.78 is 2.36. The highest BCUT2D eigenvalue weighted by Crippen LogP contribution is 2.17. The van der Waals surface area contributed by atoms with Gasteiger partial charge in [-0.25, -0.2) is 4.98 Å². The summed E-state index contributed by atoms with van der Waals surface area (Å²) in [4.78, 5) is 6.99. The summed E-state index contributed by atoms with van der Waals surface area (Å²) in [6.07, 6.45) is 6.16. The van der Waals surface area contributed by atoms with Gasteiger partial charge in [-0.3, -0.25) is 4.90 Å². The van der Waals surface area contributed by atoms with Gasteiger partial charge in [0, 0.05) is 18.8 Å². The van der Waals surface area contributed by atoms with Gasteiger partial charge in [0.15, 0.2) is 0 Å². The maximum atomic E-state index is 4.44. The largest absolute Gasteiger partial charge is 0.329 e. The van der Waals surface area contributed by atoms with E-state index < -0.39 is 0 Å². The number of nitrogens with zero attached hydrogens (tertiary/aromatic N) is 3. The molecule has 16 heavy (non-hydrogen) atoms. The second-order valence-corrected chi connectivity index (χ2v) is 5.10. The monoisotopic (exact) mass is 221 g/mol. The molecule has 0 spiro atoms. The first-order valence-electron chi connectivity index (χ1n) is 6.43. The van der Waals surface area contributed by atoms with Gasteiger partial charge in [0.25, 0.3) is 0 Å². The van der Waals surface area contributed by atoms with Crippen LogP contribution < -0.4 is 0 Å². The fourth-order valence-electron chi connectivity index (χ4n) is 2.67. The van der Waals surface area contributed by atoms with E-state index in [-0.39, 0.29) is 0 Å². The topological polar surface area (TPSA) is 21.1 Å². The highest BCUT2D eigenvalue weighted by Gasteiger charge is 2.15. The molecule has 0 atom stereocenters. The van der Waals surface area contributed by atoms with Crippen LogP contribution in [-0.4, -0.2) is 27.5 Å². The van der Waals surface area contributed by atoms with Crippen LogP contribution >= 0.6 is 0 Å². The van der Waals surface area contributed by atoms with Crippen molar-refractivity contribution in [3.8, 4) is 0 Å². The molecule has 1 aromatic rings. The minimum absolute atomic E-state index is 0.516. The fraction of sp³-hybridized carbons (Fsp3) is 0.769. The molecule has 2 rings (SSSR count).